The molecule has 0 heterocycles. The van der Waals surface area contributed by atoms with Gasteiger partial charge in [-0.25, -0.2) is 0 Å². The van der Waals surface area contributed by atoms with E-state index < -0.39 is 0 Å². The fourth-order valence-electron chi connectivity index (χ4n) is 1.99. The number of aryl methyl sites for hydroxylation is 1. The van der Waals surface area contributed by atoms with Gasteiger partial charge in [-0.2, -0.15) is 0 Å². The van der Waals surface area contributed by atoms with E-state index in [0.717, 1.165) is 21.6 Å². The Morgan fingerprint density at radius 1 is 1.16 bits per heavy atom. The molecule has 0 fully saturated rings. The first-order valence-corrected chi connectivity index (χ1v) is 7.49. The summed E-state index contributed by atoms with van der Waals surface area (Å²) in [5.41, 5.74) is 3.67. The maximum Gasteiger partial charge on any atom is 0.0406 e. The summed E-state index contributed by atoms with van der Waals surface area (Å²) >= 11 is 9.45. The Morgan fingerprint density at radius 2 is 1.84 bits per heavy atom. The second-order valence-corrected chi connectivity index (χ2v) is 6.13. The summed E-state index contributed by atoms with van der Waals surface area (Å²) in [7, 11) is 0. The molecule has 0 aliphatic rings. The minimum absolute atomic E-state index is 0.371. The molecule has 0 radical (unpaired) electrons. The molecule has 0 saturated carbocycles. The third-order valence-corrected chi connectivity index (χ3v) is 4.15. The van der Waals surface area contributed by atoms with Gasteiger partial charge in [-0.15, -0.1) is 0 Å². The van der Waals surface area contributed by atoms with Gasteiger partial charge in [0.2, 0.25) is 0 Å². The number of halogens is 2. The van der Waals surface area contributed by atoms with Crippen LogP contribution in [-0.2, 0) is 6.42 Å². The summed E-state index contributed by atoms with van der Waals surface area (Å²) in [5.74, 6) is 0. The van der Waals surface area contributed by atoms with Gasteiger partial charge in [0.15, 0.2) is 0 Å². The molecular weight excluding hydrogens is 322 g/mol. The smallest absolute Gasteiger partial charge is 0.0406 e. The Morgan fingerprint density at radius 3 is 2.47 bits per heavy atom. The second-order valence-electron chi connectivity index (χ2n) is 4.84. The van der Waals surface area contributed by atoms with E-state index in [4.69, 9.17) is 11.6 Å². The van der Waals surface area contributed by atoms with Crippen LogP contribution in [0.3, 0.4) is 0 Å². The van der Waals surface area contributed by atoms with E-state index in [1.165, 1.54) is 11.1 Å². The number of benzene rings is 2. The van der Waals surface area contributed by atoms with Crippen molar-refractivity contribution >= 4 is 33.2 Å². The lowest BCUT2D eigenvalue weighted by Crippen LogP contribution is -2.18. The molecule has 1 N–H and O–H groups in total. The summed E-state index contributed by atoms with van der Waals surface area (Å²) in [6.07, 6.45) is 0.975. The van der Waals surface area contributed by atoms with Crippen LogP contribution in [0.4, 0.5) is 5.69 Å². The number of hydrogen-bond acceptors (Lipinski definition) is 1. The Balaban J connectivity index is 1.98. The largest absolute Gasteiger partial charge is 0.382 e. The van der Waals surface area contributed by atoms with Gasteiger partial charge in [-0.05, 0) is 55.7 Å². The minimum atomic E-state index is 0.371. The molecule has 0 saturated heterocycles. The van der Waals surface area contributed by atoms with Crippen LogP contribution in [0.1, 0.15) is 18.1 Å². The number of anilines is 1. The van der Waals surface area contributed by atoms with Crippen molar-refractivity contribution in [2.24, 2.45) is 0 Å². The highest BCUT2D eigenvalue weighted by Crippen LogP contribution is 2.21. The van der Waals surface area contributed by atoms with Crippen molar-refractivity contribution in [2.75, 3.05) is 5.32 Å². The Bertz CT molecular complexity index is 551. The van der Waals surface area contributed by atoms with Crippen LogP contribution in [-0.4, -0.2) is 6.04 Å². The van der Waals surface area contributed by atoms with Crippen LogP contribution in [0, 0.1) is 6.92 Å². The van der Waals surface area contributed by atoms with Crippen molar-refractivity contribution in [2.45, 2.75) is 26.3 Å². The monoisotopic (exact) mass is 337 g/mol. The second kappa shape index (κ2) is 6.44. The van der Waals surface area contributed by atoms with Gasteiger partial charge >= 0.3 is 0 Å². The molecule has 0 aromatic heterocycles. The van der Waals surface area contributed by atoms with Crippen molar-refractivity contribution in [1.82, 2.24) is 0 Å². The third-order valence-electron chi connectivity index (χ3n) is 3.04. The summed E-state index contributed by atoms with van der Waals surface area (Å²) < 4.78 is 1.14. The van der Waals surface area contributed by atoms with Crippen LogP contribution < -0.4 is 5.32 Å². The van der Waals surface area contributed by atoms with Gasteiger partial charge in [-0.3, -0.25) is 0 Å². The predicted octanol–water partition coefficient (Wildman–Crippen LogP) is 5.45. The molecule has 1 atom stereocenters. The first-order chi connectivity index (χ1) is 9.04. The molecular formula is C16H17BrClN. The average molecular weight is 339 g/mol. The van der Waals surface area contributed by atoms with Crippen LogP contribution in [0.2, 0.25) is 5.02 Å². The molecule has 0 aliphatic carbocycles. The van der Waals surface area contributed by atoms with Gasteiger partial charge in [0.05, 0.1) is 0 Å². The van der Waals surface area contributed by atoms with Crippen molar-refractivity contribution in [3.63, 3.8) is 0 Å². The lowest BCUT2D eigenvalue weighted by molar-refractivity contribution is 0.790. The Labute approximate surface area is 128 Å². The third kappa shape index (κ3) is 4.26. The molecule has 0 spiro atoms. The molecule has 2 aromatic carbocycles. The molecule has 0 aliphatic heterocycles. The maximum atomic E-state index is 5.89. The number of hydrogen-bond donors (Lipinski definition) is 1. The first kappa shape index (κ1) is 14.4. The summed E-state index contributed by atoms with van der Waals surface area (Å²) in [4.78, 5) is 0. The molecule has 2 rings (SSSR count). The Hall–Kier alpha value is -0.990. The summed E-state index contributed by atoms with van der Waals surface area (Å²) in [6.45, 7) is 4.27. The van der Waals surface area contributed by atoms with Gasteiger partial charge in [0.1, 0.15) is 0 Å². The predicted molar refractivity (Wildman–Crippen MR) is 87.1 cm³/mol. The van der Waals surface area contributed by atoms with E-state index in [0.29, 0.717) is 6.04 Å². The highest BCUT2D eigenvalue weighted by molar-refractivity contribution is 9.10. The van der Waals surface area contributed by atoms with E-state index in [9.17, 15) is 0 Å². The van der Waals surface area contributed by atoms with Crippen LogP contribution in [0.15, 0.2) is 46.9 Å². The van der Waals surface area contributed by atoms with Crippen molar-refractivity contribution in [1.29, 1.82) is 0 Å². The van der Waals surface area contributed by atoms with Gasteiger partial charge in [-0.1, -0.05) is 45.7 Å². The molecule has 0 bridgehead atoms. The van der Waals surface area contributed by atoms with Crippen LogP contribution >= 0.6 is 27.5 Å². The van der Waals surface area contributed by atoms with Gasteiger partial charge in [0, 0.05) is 21.2 Å². The lowest BCUT2D eigenvalue weighted by atomic mass is 10.1. The molecule has 3 heteroatoms. The van der Waals surface area contributed by atoms with Crippen molar-refractivity contribution in [3.05, 3.63) is 63.1 Å². The van der Waals surface area contributed by atoms with E-state index in [1.54, 1.807) is 0 Å². The molecule has 19 heavy (non-hydrogen) atoms. The molecule has 1 nitrogen and oxygen atoms in total. The summed E-state index contributed by atoms with van der Waals surface area (Å²) in [5, 5.41) is 4.29. The molecule has 0 amide bonds. The fourth-order valence-corrected chi connectivity index (χ4v) is 2.50. The van der Waals surface area contributed by atoms with E-state index in [-0.39, 0.29) is 0 Å². The molecule has 2 aromatic rings. The first-order valence-electron chi connectivity index (χ1n) is 6.32. The standard InChI is InChI=1S/C16H17BrClN/c1-11-3-8-15(10-16(11)17)19-12(2)9-13-4-6-14(18)7-5-13/h3-8,10,12,19H,9H2,1-2H3. The van der Waals surface area contributed by atoms with Gasteiger partial charge in [0.25, 0.3) is 0 Å². The minimum Gasteiger partial charge on any atom is -0.382 e. The number of rotatable bonds is 4. The van der Waals surface area contributed by atoms with Crippen molar-refractivity contribution in [3.8, 4) is 0 Å². The fraction of sp³-hybridized carbons (Fsp3) is 0.250. The summed E-state index contributed by atoms with van der Waals surface area (Å²) in [6, 6.07) is 14.7. The SMILES string of the molecule is Cc1ccc(NC(C)Cc2ccc(Cl)cc2)cc1Br. The zero-order chi connectivity index (χ0) is 13.8. The lowest BCUT2D eigenvalue weighted by Gasteiger charge is -2.16. The van der Waals surface area contributed by atoms with Crippen LogP contribution in [0.25, 0.3) is 0 Å². The quantitative estimate of drug-likeness (QED) is 0.781. The van der Waals surface area contributed by atoms with Crippen LogP contribution in [0.5, 0.6) is 0 Å². The average Bonchev–Trinajstić information content (AvgIpc) is 2.37. The zero-order valence-corrected chi connectivity index (χ0v) is 13.4. The zero-order valence-electron chi connectivity index (χ0n) is 11.1. The molecule has 1 unspecified atom stereocenters. The highest BCUT2D eigenvalue weighted by Gasteiger charge is 2.05. The topological polar surface area (TPSA) is 12.0 Å². The number of nitrogens with one attached hydrogen (secondary N) is 1. The normalized spacial score (nSPS) is 12.2. The Kier molecular flexibility index (Phi) is 4.89. The van der Waals surface area contributed by atoms with E-state index in [2.05, 4.69) is 65.4 Å². The van der Waals surface area contributed by atoms with Gasteiger partial charge < -0.3 is 5.32 Å². The van der Waals surface area contributed by atoms with Crippen molar-refractivity contribution < 1.29 is 0 Å². The molecule has 100 valence electrons. The maximum absolute atomic E-state index is 5.89. The van der Waals surface area contributed by atoms with E-state index >= 15 is 0 Å². The van der Waals surface area contributed by atoms with E-state index in [1.807, 2.05) is 12.1 Å². The highest BCUT2D eigenvalue weighted by atomic mass is 79.9.